The van der Waals surface area contributed by atoms with Crippen molar-refractivity contribution < 1.29 is 6.22 Å². The summed E-state index contributed by atoms with van der Waals surface area (Å²) in [5.41, 5.74) is 3.78. The number of nitrogens with zero attached hydrogens (tertiary/aromatic N) is 1. The molecule has 2 rings (SSSR count). The van der Waals surface area contributed by atoms with E-state index in [4.69, 9.17) is 0 Å². The molecule has 3 heteroatoms. The average Bonchev–Trinajstić information content (AvgIpc) is 2.72. The summed E-state index contributed by atoms with van der Waals surface area (Å²) in [6, 6.07) is 6.28. The van der Waals surface area contributed by atoms with Crippen LogP contribution in [-0.4, -0.2) is 22.9 Å². The molecule has 1 aromatic carbocycles. The molecule has 0 radical (unpaired) electrons. The van der Waals surface area contributed by atoms with Crippen LogP contribution in [0.1, 0.15) is 32.8 Å². The van der Waals surface area contributed by atoms with Gasteiger partial charge in [-0.25, -0.2) is 0 Å². The molecule has 0 saturated carbocycles. The number of aryl methyl sites for hydroxylation is 2. The van der Waals surface area contributed by atoms with Gasteiger partial charge in [0.25, 0.3) is 0 Å². The zero-order valence-electron chi connectivity index (χ0n) is 12.9. The predicted molar refractivity (Wildman–Crippen MR) is 86.2 cm³/mol. The normalized spacial score (nSPS) is 12.8. The minimum atomic E-state index is -0.0823. The first kappa shape index (κ1) is 14.8. The lowest BCUT2D eigenvalue weighted by atomic mass is 10.0. The van der Waals surface area contributed by atoms with Crippen LogP contribution in [0.25, 0.3) is 10.9 Å². The predicted octanol–water partition coefficient (Wildman–Crippen LogP) is 3.23. The Kier molecular flexibility index (Phi) is 4.61. The highest BCUT2D eigenvalue weighted by Crippen LogP contribution is 2.24. The van der Waals surface area contributed by atoms with Gasteiger partial charge in [0, 0.05) is 20.1 Å². The van der Waals surface area contributed by atoms with Crippen molar-refractivity contribution in [3.63, 3.8) is 0 Å². The molecule has 0 unspecified atom stereocenters. The molecule has 0 aliphatic heterocycles. The van der Waals surface area contributed by atoms with Crippen LogP contribution in [0.2, 0.25) is 0 Å². The SMILES string of the molecule is CCCN[C@@H](Cc1cn(C)c2c(C)cccc12)C(C)=O.[HH]. The van der Waals surface area contributed by atoms with E-state index in [1.54, 1.807) is 6.92 Å². The molecule has 1 heterocycles. The van der Waals surface area contributed by atoms with Gasteiger partial charge in [-0.15, -0.1) is 0 Å². The number of carbonyl (C=O) groups excluding carboxylic acids is 1. The Bertz CT molecular complexity index is 619. The Labute approximate surface area is 122 Å². The molecule has 1 N–H and O–H groups in total. The summed E-state index contributed by atoms with van der Waals surface area (Å²) in [4.78, 5) is 11.8. The van der Waals surface area contributed by atoms with Crippen molar-refractivity contribution in [3.8, 4) is 0 Å². The highest BCUT2D eigenvalue weighted by molar-refractivity contribution is 5.88. The highest BCUT2D eigenvalue weighted by atomic mass is 16.1. The van der Waals surface area contributed by atoms with Gasteiger partial charge >= 0.3 is 0 Å². The van der Waals surface area contributed by atoms with Crippen molar-refractivity contribution in [2.45, 2.75) is 39.7 Å². The van der Waals surface area contributed by atoms with Gasteiger partial charge in [0.05, 0.1) is 11.6 Å². The molecule has 0 aliphatic carbocycles. The van der Waals surface area contributed by atoms with Gasteiger partial charge in [-0.2, -0.15) is 0 Å². The van der Waals surface area contributed by atoms with E-state index in [2.05, 4.69) is 55.2 Å². The zero-order valence-corrected chi connectivity index (χ0v) is 12.9. The second-order valence-corrected chi connectivity index (χ2v) is 5.56. The van der Waals surface area contributed by atoms with Crippen molar-refractivity contribution in [2.24, 2.45) is 7.05 Å². The molecule has 0 bridgehead atoms. The van der Waals surface area contributed by atoms with E-state index >= 15 is 0 Å². The maximum atomic E-state index is 11.8. The first-order valence-electron chi connectivity index (χ1n) is 7.32. The van der Waals surface area contributed by atoms with Crippen LogP contribution in [0.5, 0.6) is 0 Å². The number of carbonyl (C=O) groups is 1. The van der Waals surface area contributed by atoms with Crippen LogP contribution in [0.4, 0.5) is 0 Å². The first-order chi connectivity index (χ1) is 9.54. The summed E-state index contributed by atoms with van der Waals surface area (Å²) in [6.07, 6.45) is 3.95. The number of ketones is 1. The largest absolute Gasteiger partial charge is 0.350 e. The molecular formula is C17H26N2O. The summed E-state index contributed by atoms with van der Waals surface area (Å²) in [7, 11) is 2.07. The fourth-order valence-electron chi connectivity index (χ4n) is 2.81. The minimum absolute atomic E-state index is 0. The van der Waals surface area contributed by atoms with Gasteiger partial charge in [0.1, 0.15) is 5.78 Å². The van der Waals surface area contributed by atoms with Crippen LogP contribution < -0.4 is 5.32 Å². The molecule has 110 valence electrons. The van der Waals surface area contributed by atoms with Crippen molar-refractivity contribution in [2.75, 3.05) is 6.54 Å². The molecule has 2 aromatic rings. The fourth-order valence-corrected chi connectivity index (χ4v) is 2.81. The zero-order chi connectivity index (χ0) is 14.7. The number of Topliss-reactive ketones (excluding diaryl/α,β-unsaturated/α-hetero) is 1. The van der Waals surface area contributed by atoms with Crippen LogP contribution >= 0.6 is 0 Å². The van der Waals surface area contributed by atoms with E-state index in [0.717, 1.165) is 19.4 Å². The Morgan fingerprint density at radius 1 is 1.45 bits per heavy atom. The first-order valence-corrected chi connectivity index (χ1v) is 7.32. The van der Waals surface area contributed by atoms with Crippen molar-refractivity contribution in [3.05, 3.63) is 35.5 Å². The van der Waals surface area contributed by atoms with Crippen molar-refractivity contribution in [1.29, 1.82) is 0 Å². The highest BCUT2D eigenvalue weighted by Gasteiger charge is 2.17. The van der Waals surface area contributed by atoms with Gasteiger partial charge in [-0.3, -0.25) is 4.79 Å². The lowest BCUT2D eigenvalue weighted by Gasteiger charge is -2.14. The van der Waals surface area contributed by atoms with E-state index in [1.807, 2.05) is 0 Å². The van der Waals surface area contributed by atoms with Crippen LogP contribution in [-0.2, 0) is 18.3 Å². The van der Waals surface area contributed by atoms with Crippen molar-refractivity contribution in [1.82, 2.24) is 9.88 Å². The van der Waals surface area contributed by atoms with Crippen molar-refractivity contribution >= 4 is 16.7 Å². The number of benzene rings is 1. The number of aromatic nitrogens is 1. The molecule has 0 amide bonds. The van der Waals surface area contributed by atoms with E-state index in [9.17, 15) is 4.79 Å². The molecule has 1 atom stereocenters. The van der Waals surface area contributed by atoms with Crippen LogP contribution in [0.3, 0.4) is 0 Å². The quantitative estimate of drug-likeness (QED) is 0.877. The molecule has 0 saturated heterocycles. The van der Waals surface area contributed by atoms with E-state index < -0.39 is 0 Å². The maximum Gasteiger partial charge on any atom is 0.147 e. The third-order valence-electron chi connectivity index (χ3n) is 3.84. The summed E-state index contributed by atoms with van der Waals surface area (Å²) in [5.74, 6) is 0.211. The van der Waals surface area contributed by atoms with Gasteiger partial charge in [-0.1, -0.05) is 25.1 Å². The van der Waals surface area contributed by atoms with Crippen LogP contribution in [0.15, 0.2) is 24.4 Å². The van der Waals surface area contributed by atoms with Gasteiger partial charge in [0.15, 0.2) is 0 Å². The summed E-state index contributed by atoms with van der Waals surface area (Å²) >= 11 is 0. The Morgan fingerprint density at radius 3 is 2.85 bits per heavy atom. The molecule has 20 heavy (non-hydrogen) atoms. The molecule has 0 fully saturated rings. The molecule has 3 nitrogen and oxygen atoms in total. The summed E-state index contributed by atoms with van der Waals surface area (Å²) < 4.78 is 2.16. The number of nitrogens with one attached hydrogen (secondary N) is 1. The third kappa shape index (κ3) is 2.93. The standard InChI is InChI=1S/C17H24N2O.H2/c1-5-9-18-16(13(3)20)10-14-11-19(4)17-12(2)7-6-8-15(14)17;/h6-8,11,16,18H,5,9-10H2,1-4H3;1H/t16-;/m0./s1. The third-order valence-corrected chi connectivity index (χ3v) is 3.84. The van der Waals surface area contributed by atoms with E-state index in [-0.39, 0.29) is 13.3 Å². The topological polar surface area (TPSA) is 34.0 Å². The number of para-hydroxylation sites is 1. The smallest absolute Gasteiger partial charge is 0.147 e. The average molecular weight is 274 g/mol. The molecule has 0 aliphatic rings. The summed E-state index contributed by atoms with van der Waals surface area (Å²) in [6.45, 7) is 6.80. The Hall–Kier alpha value is -1.61. The van der Waals surface area contributed by atoms with E-state index in [1.165, 1.54) is 22.0 Å². The molecular weight excluding hydrogens is 248 g/mol. The summed E-state index contributed by atoms with van der Waals surface area (Å²) in [5, 5.41) is 4.61. The second-order valence-electron chi connectivity index (χ2n) is 5.56. The minimum Gasteiger partial charge on any atom is -0.350 e. The molecule has 0 spiro atoms. The van der Waals surface area contributed by atoms with Gasteiger partial charge in [-0.05, 0) is 44.4 Å². The van der Waals surface area contributed by atoms with Gasteiger partial charge in [0.2, 0.25) is 0 Å². The molecule has 1 aromatic heterocycles. The second kappa shape index (κ2) is 6.23. The van der Waals surface area contributed by atoms with Gasteiger partial charge < -0.3 is 9.88 Å². The lowest BCUT2D eigenvalue weighted by Crippen LogP contribution is -2.37. The Balaban J connectivity index is 0.00000220. The lowest BCUT2D eigenvalue weighted by molar-refractivity contribution is -0.118. The number of rotatable bonds is 6. The number of fused-ring (bicyclic) bond motifs is 1. The number of hydrogen-bond donors (Lipinski definition) is 1. The van der Waals surface area contributed by atoms with Crippen LogP contribution in [0, 0.1) is 6.92 Å². The van der Waals surface area contributed by atoms with E-state index in [0.29, 0.717) is 0 Å². The fraction of sp³-hybridized carbons (Fsp3) is 0.471. The number of hydrogen-bond acceptors (Lipinski definition) is 2. The Morgan fingerprint density at radius 2 is 2.20 bits per heavy atom. The monoisotopic (exact) mass is 274 g/mol. The maximum absolute atomic E-state index is 11.8.